The van der Waals surface area contributed by atoms with Gasteiger partial charge in [-0.1, -0.05) is 12.1 Å². The Morgan fingerprint density at radius 3 is 2.67 bits per heavy atom. The first-order valence-electron chi connectivity index (χ1n) is 6.41. The van der Waals surface area contributed by atoms with E-state index in [1.54, 1.807) is 25.2 Å². The number of carbonyl (C=O) groups is 3. The zero-order valence-electron chi connectivity index (χ0n) is 12.0. The van der Waals surface area contributed by atoms with Crippen LogP contribution in [-0.4, -0.2) is 54.8 Å². The summed E-state index contributed by atoms with van der Waals surface area (Å²) in [5.41, 5.74) is 6.89. The molecule has 0 radical (unpaired) electrons. The van der Waals surface area contributed by atoms with E-state index in [1.807, 2.05) is 0 Å². The number of benzene rings is 1. The fourth-order valence-electron chi connectivity index (χ4n) is 2.22. The van der Waals surface area contributed by atoms with Crippen molar-refractivity contribution in [3.63, 3.8) is 0 Å². The highest BCUT2D eigenvalue weighted by Crippen LogP contribution is 2.20. The number of esters is 1. The van der Waals surface area contributed by atoms with Crippen molar-refractivity contribution in [1.82, 2.24) is 9.80 Å². The maximum absolute atomic E-state index is 12.0. The van der Waals surface area contributed by atoms with Gasteiger partial charge in [0.05, 0.1) is 19.2 Å². The molecular formula is C14H17N3O4. The summed E-state index contributed by atoms with van der Waals surface area (Å²) in [6.07, 6.45) is 0. The van der Waals surface area contributed by atoms with Gasteiger partial charge in [0.1, 0.15) is 6.54 Å². The third-order valence-corrected chi connectivity index (χ3v) is 3.41. The van der Waals surface area contributed by atoms with E-state index in [4.69, 9.17) is 10.5 Å². The monoisotopic (exact) mass is 291 g/mol. The van der Waals surface area contributed by atoms with Crippen molar-refractivity contribution in [2.24, 2.45) is 0 Å². The lowest BCUT2D eigenvalue weighted by Gasteiger charge is -2.32. The third kappa shape index (κ3) is 2.96. The number of hydrogen-bond acceptors (Lipinski definition) is 5. The summed E-state index contributed by atoms with van der Waals surface area (Å²) < 4.78 is 4.71. The Labute approximate surface area is 122 Å². The quantitative estimate of drug-likeness (QED) is 0.618. The molecule has 1 fully saturated rings. The van der Waals surface area contributed by atoms with Crippen molar-refractivity contribution in [2.45, 2.75) is 6.54 Å². The van der Waals surface area contributed by atoms with E-state index in [0.717, 1.165) is 0 Å². The van der Waals surface area contributed by atoms with E-state index >= 15 is 0 Å². The second-order valence-electron chi connectivity index (χ2n) is 4.87. The van der Waals surface area contributed by atoms with Gasteiger partial charge < -0.3 is 20.3 Å². The zero-order chi connectivity index (χ0) is 15.6. The smallest absolute Gasteiger partial charge is 0.340 e. The van der Waals surface area contributed by atoms with E-state index in [1.165, 1.54) is 16.9 Å². The fraction of sp³-hybridized carbons (Fsp3) is 0.357. The van der Waals surface area contributed by atoms with Gasteiger partial charge in [-0.05, 0) is 11.6 Å². The lowest BCUT2D eigenvalue weighted by atomic mass is 10.0. The number of anilines is 1. The van der Waals surface area contributed by atoms with Crippen LogP contribution >= 0.6 is 0 Å². The molecule has 0 spiro atoms. The number of likely N-dealkylation sites (N-methyl/N-ethyl adjacent to an activating group) is 1. The van der Waals surface area contributed by atoms with Crippen molar-refractivity contribution in [3.8, 4) is 0 Å². The minimum atomic E-state index is -0.559. The standard InChI is InChI=1S/C14H17N3O4/c1-16-7-12(19)17(8-11(16)18)6-9-4-3-5-10(15)13(9)14(20)21-2/h3-5H,6-8,15H2,1-2H3. The highest BCUT2D eigenvalue weighted by atomic mass is 16.5. The molecule has 2 rings (SSSR count). The summed E-state index contributed by atoms with van der Waals surface area (Å²) in [6.45, 7) is 0.174. The lowest BCUT2D eigenvalue weighted by Crippen LogP contribution is -2.51. The third-order valence-electron chi connectivity index (χ3n) is 3.41. The Hall–Kier alpha value is -2.57. The van der Waals surface area contributed by atoms with Crippen LogP contribution in [-0.2, 0) is 20.9 Å². The molecule has 1 aromatic rings. The van der Waals surface area contributed by atoms with Gasteiger partial charge in [-0.15, -0.1) is 0 Å². The van der Waals surface area contributed by atoms with Crippen LogP contribution in [0.2, 0.25) is 0 Å². The molecule has 7 nitrogen and oxygen atoms in total. The molecule has 112 valence electrons. The number of nitrogens with zero attached hydrogens (tertiary/aromatic N) is 2. The minimum absolute atomic E-state index is 0.00918. The molecule has 0 aromatic heterocycles. The van der Waals surface area contributed by atoms with Gasteiger partial charge in [-0.25, -0.2) is 4.79 Å². The van der Waals surface area contributed by atoms with E-state index in [0.29, 0.717) is 5.56 Å². The predicted molar refractivity (Wildman–Crippen MR) is 75.2 cm³/mol. The average Bonchev–Trinajstić information content (AvgIpc) is 2.44. The maximum atomic E-state index is 12.0. The number of nitrogen functional groups attached to an aromatic ring is 1. The van der Waals surface area contributed by atoms with E-state index in [9.17, 15) is 14.4 Å². The van der Waals surface area contributed by atoms with E-state index < -0.39 is 5.97 Å². The first-order valence-corrected chi connectivity index (χ1v) is 6.41. The van der Waals surface area contributed by atoms with Gasteiger partial charge in [-0.2, -0.15) is 0 Å². The van der Waals surface area contributed by atoms with Crippen LogP contribution in [0.4, 0.5) is 5.69 Å². The first kappa shape index (κ1) is 14.8. The Kier molecular flexibility index (Phi) is 4.11. The zero-order valence-corrected chi connectivity index (χ0v) is 12.0. The van der Waals surface area contributed by atoms with Crippen LogP contribution in [0.1, 0.15) is 15.9 Å². The number of nitrogens with two attached hydrogens (primary N) is 1. The number of amides is 2. The molecule has 1 aliphatic heterocycles. The van der Waals surface area contributed by atoms with E-state index in [2.05, 4.69) is 0 Å². The largest absolute Gasteiger partial charge is 0.465 e. The van der Waals surface area contributed by atoms with Gasteiger partial charge in [0.2, 0.25) is 11.8 Å². The van der Waals surface area contributed by atoms with Crippen LogP contribution in [0, 0.1) is 0 Å². The van der Waals surface area contributed by atoms with Crippen molar-refractivity contribution in [1.29, 1.82) is 0 Å². The molecule has 1 heterocycles. The molecule has 21 heavy (non-hydrogen) atoms. The van der Waals surface area contributed by atoms with Crippen molar-refractivity contribution < 1.29 is 19.1 Å². The number of hydrogen-bond donors (Lipinski definition) is 1. The topological polar surface area (TPSA) is 92.9 Å². The molecular weight excluding hydrogens is 274 g/mol. The molecule has 7 heteroatoms. The van der Waals surface area contributed by atoms with Crippen LogP contribution in [0.25, 0.3) is 0 Å². The normalized spacial score (nSPS) is 15.3. The van der Waals surface area contributed by atoms with Crippen LogP contribution < -0.4 is 5.73 Å². The maximum Gasteiger partial charge on any atom is 0.340 e. The molecule has 0 saturated carbocycles. The molecule has 2 amide bonds. The second kappa shape index (κ2) is 5.82. The van der Waals surface area contributed by atoms with Crippen LogP contribution in [0.15, 0.2) is 18.2 Å². The Morgan fingerprint density at radius 2 is 2.00 bits per heavy atom. The van der Waals surface area contributed by atoms with E-state index in [-0.39, 0.29) is 42.7 Å². The summed E-state index contributed by atoms with van der Waals surface area (Å²) in [4.78, 5) is 38.3. The number of methoxy groups -OCH3 is 1. The number of rotatable bonds is 3. The molecule has 0 unspecified atom stereocenters. The van der Waals surface area contributed by atoms with Crippen molar-refractivity contribution in [3.05, 3.63) is 29.3 Å². The first-order chi connectivity index (χ1) is 9.93. The highest BCUT2D eigenvalue weighted by Gasteiger charge is 2.28. The van der Waals surface area contributed by atoms with Crippen molar-refractivity contribution >= 4 is 23.5 Å². The molecule has 0 atom stereocenters. The fourth-order valence-corrected chi connectivity index (χ4v) is 2.22. The summed E-state index contributed by atoms with van der Waals surface area (Å²) in [5.74, 6) is -0.871. The molecule has 1 aliphatic rings. The minimum Gasteiger partial charge on any atom is -0.465 e. The summed E-state index contributed by atoms with van der Waals surface area (Å²) >= 11 is 0. The molecule has 1 aromatic carbocycles. The molecule has 0 aliphatic carbocycles. The molecule has 0 bridgehead atoms. The summed E-state index contributed by atoms with van der Waals surface area (Å²) in [5, 5.41) is 0. The Balaban J connectivity index is 2.27. The summed E-state index contributed by atoms with van der Waals surface area (Å²) in [6, 6.07) is 4.98. The van der Waals surface area contributed by atoms with Crippen molar-refractivity contribution in [2.75, 3.05) is 33.0 Å². The average molecular weight is 291 g/mol. The summed E-state index contributed by atoms with van der Waals surface area (Å²) in [7, 11) is 2.85. The molecule has 2 N–H and O–H groups in total. The SMILES string of the molecule is COC(=O)c1c(N)cccc1CN1CC(=O)N(C)CC1=O. The van der Waals surface area contributed by atoms with Crippen LogP contribution in [0.3, 0.4) is 0 Å². The Morgan fingerprint density at radius 1 is 1.29 bits per heavy atom. The van der Waals surface area contributed by atoms with Gasteiger partial charge in [0, 0.05) is 19.3 Å². The number of piperazine rings is 1. The highest BCUT2D eigenvalue weighted by molar-refractivity contribution is 5.97. The number of carbonyl (C=O) groups excluding carboxylic acids is 3. The lowest BCUT2D eigenvalue weighted by molar-refractivity contribution is -0.149. The van der Waals surface area contributed by atoms with Crippen LogP contribution in [0.5, 0.6) is 0 Å². The van der Waals surface area contributed by atoms with Gasteiger partial charge in [0.25, 0.3) is 0 Å². The number of ether oxygens (including phenoxy) is 1. The molecule has 1 saturated heterocycles. The van der Waals surface area contributed by atoms with Gasteiger partial charge >= 0.3 is 5.97 Å². The van der Waals surface area contributed by atoms with Gasteiger partial charge in [-0.3, -0.25) is 9.59 Å². The second-order valence-corrected chi connectivity index (χ2v) is 4.87. The predicted octanol–water partition coefficient (Wildman–Crippen LogP) is -0.144. The Bertz CT molecular complexity index is 600. The van der Waals surface area contributed by atoms with Gasteiger partial charge in [0.15, 0.2) is 0 Å².